The zero-order valence-corrected chi connectivity index (χ0v) is 11.9. The van der Waals surface area contributed by atoms with Crippen molar-refractivity contribution >= 4 is 0 Å². The normalized spacial score (nSPS) is 17.9. The Morgan fingerprint density at radius 1 is 1.37 bits per heavy atom. The molecule has 0 saturated carbocycles. The van der Waals surface area contributed by atoms with Crippen LogP contribution in [-0.4, -0.2) is 40.7 Å². The van der Waals surface area contributed by atoms with Crippen LogP contribution in [0, 0.1) is 0 Å². The maximum absolute atomic E-state index is 10.2. The maximum Gasteiger partial charge on any atom is 0.213 e. The molecule has 1 aromatic heterocycles. The van der Waals surface area contributed by atoms with Crippen molar-refractivity contribution < 1.29 is 9.84 Å². The number of rotatable bonds is 6. The molecule has 0 radical (unpaired) electrons. The van der Waals surface area contributed by atoms with Gasteiger partial charge in [-0.3, -0.25) is 0 Å². The van der Waals surface area contributed by atoms with Gasteiger partial charge in [-0.1, -0.05) is 0 Å². The van der Waals surface area contributed by atoms with Gasteiger partial charge in [0.25, 0.3) is 0 Å². The summed E-state index contributed by atoms with van der Waals surface area (Å²) >= 11 is 0. The smallest absolute Gasteiger partial charge is 0.213 e. The van der Waals surface area contributed by atoms with Gasteiger partial charge in [-0.25, -0.2) is 4.98 Å². The Hall–Kier alpha value is -1.13. The topological polar surface area (TPSA) is 45.6 Å². The van der Waals surface area contributed by atoms with E-state index < -0.39 is 6.10 Å². The van der Waals surface area contributed by atoms with E-state index in [1.54, 1.807) is 6.20 Å². The fraction of sp³-hybridized carbons (Fsp3) is 0.667. The van der Waals surface area contributed by atoms with E-state index in [1.165, 1.54) is 25.9 Å². The predicted octanol–water partition coefficient (Wildman–Crippen LogP) is 2.39. The van der Waals surface area contributed by atoms with Crippen molar-refractivity contribution in [2.24, 2.45) is 0 Å². The lowest BCUT2D eigenvalue weighted by Gasteiger charge is -2.18. The number of ether oxygens (including phenoxy) is 1. The van der Waals surface area contributed by atoms with Crippen LogP contribution in [0.15, 0.2) is 18.3 Å². The third-order valence-corrected chi connectivity index (χ3v) is 3.42. The van der Waals surface area contributed by atoms with Gasteiger partial charge in [-0.2, -0.15) is 0 Å². The minimum Gasteiger partial charge on any atom is -0.475 e. The van der Waals surface area contributed by atoms with E-state index in [-0.39, 0.29) is 6.10 Å². The molecule has 0 bridgehead atoms. The molecular weight excluding hydrogens is 240 g/mol. The Balaban J connectivity index is 1.88. The van der Waals surface area contributed by atoms with Gasteiger partial charge in [0, 0.05) is 18.8 Å². The molecule has 1 fully saturated rings. The van der Waals surface area contributed by atoms with E-state index >= 15 is 0 Å². The average Bonchev–Trinajstić information content (AvgIpc) is 2.88. The average molecular weight is 264 g/mol. The lowest BCUT2D eigenvalue weighted by atomic mass is 10.1. The van der Waals surface area contributed by atoms with Crippen molar-refractivity contribution in [3.63, 3.8) is 0 Å². The van der Waals surface area contributed by atoms with Crippen LogP contribution in [0.25, 0.3) is 0 Å². The zero-order chi connectivity index (χ0) is 13.7. The van der Waals surface area contributed by atoms with Gasteiger partial charge < -0.3 is 14.7 Å². The molecule has 4 heteroatoms. The van der Waals surface area contributed by atoms with E-state index in [0.717, 1.165) is 18.5 Å². The Labute approximate surface area is 115 Å². The van der Waals surface area contributed by atoms with E-state index in [2.05, 4.69) is 9.88 Å². The van der Waals surface area contributed by atoms with Crippen molar-refractivity contribution in [1.82, 2.24) is 9.88 Å². The van der Waals surface area contributed by atoms with Crippen LogP contribution in [-0.2, 0) is 0 Å². The first-order valence-electron chi connectivity index (χ1n) is 7.18. The highest BCUT2D eigenvalue weighted by Gasteiger charge is 2.15. The van der Waals surface area contributed by atoms with Crippen molar-refractivity contribution in [2.45, 2.75) is 45.3 Å². The van der Waals surface area contributed by atoms with Crippen LogP contribution in [0.1, 0.15) is 44.8 Å². The summed E-state index contributed by atoms with van der Waals surface area (Å²) in [6, 6.07) is 3.70. The number of likely N-dealkylation sites (tertiary alicyclic amines) is 1. The first-order chi connectivity index (χ1) is 9.15. The molecule has 1 saturated heterocycles. The van der Waals surface area contributed by atoms with Crippen molar-refractivity contribution in [3.05, 3.63) is 23.9 Å². The Morgan fingerprint density at radius 2 is 2.11 bits per heavy atom. The van der Waals surface area contributed by atoms with Crippen LogP contribution < -0.4 is 4.74 Å². The number of pyridine rings is 1. The minimum atomic E-state index is -0.432. The number of aromatic nitrogens is 1. The van der Waals surface area contributed by atoms with Crippen LogP contribution in [0.4, 0.5) is 0 Å². The molecule has 0 aliphatic carbocycles. The van der Waals surface area contributed by atoms with Gasteiger partial charge in [0.15, 0.2) is 0 Å². The molecule has 0 aromatic carbocycles. The largest absolute Gasteiger partial charge is 0.475 e. The van der Waals surface area contributed by atoms with E-state index in [4.69, 9.17) is 4.74 Å². The molecule has 19 heavy (non-hydrogen) atoms. The molecule has 1 aromatic rings. The highest BCUT2D eigenvalue weighted by atomic mass is 16.5. The number of nitrogens with zero attached hydrogens (tertiary/aromatic N) is 2. The molecule has 0 amide bonds. The molecule has 1 atom stereocenters. The van der Waals surface area contributed by atoms with E-state index in [0.29, 0.717) is 5.88 Å². The molecular formula is C15H24N2O2. The fourth-order valence-corrected chi connectivity index (χ4v) is 2.42. The summed E-state index contributed by atoms with van der Waals surface area (Å²) in [5.41, 5.74) is 0.893. The highest BCUT2D eigenvalue weighted by Crippen LogP contribution is 2.21. The quantitative estimate of drug-likeness (QED) is 0.857. The van der Waals surface area contributed by atoms with Crippen molar-refractivity contribution in [1.29, 1.82) is 0 Å². The van der Waals surface area contributed by atoms with Gasteiger partial charge >= 0.3 is 0 Å². The predicted molar refractivity (Wildman–Crippen MR) is 75.3 cm³/mol. The SMILES string of the molecule is CC(C)Oc1cc(C(O)CCN2CCCC2)ccn1. The van der Waals surface area contributed by atoms with Gasteiger partial charge in [-0.15, -0.1) is 0 Å². The number of aliphatic hydroxyl groups is 1. The lowest BCUT2D eigenvalue weighted by Crippen LogP contribution is -2.22. The minimum absolute atomic E-state index is 0.101. The van der Waals surface area contributed by atoms with Crippen LogP contribution >= 0.6 is 0 Å². The number of hydrogen-bond acceptors (Lipinski definition) is 4. The molecule has 106 valence electrons. The molecule has 2 heterocycles. The molecule has 1 unspecified atom stereocenters. The second-order valence-corrected chi connectivity index (χ2v) is 5.45. The van der Waals surface area contributed by atoms with Crippen LogP contribution in [0.3, 0.4) is 0 Å². The summed E-state index contributed by atoms with van der Waals surface area (Å²) in [5, 5.41) is 10.2. The monoisotopic (exact) mass is 264 g/mol. The lowest BCUT2D eigenvalue weighted by molar-refractivity contribution is 0.148. The fourth-order valence-electron chi connectivity index (χ4n) is 2.42. The third kappa shape index (κ3) is 4.48. The zero-order valence-electron chi connectivity index (χ0n) is 11.9. The summed E-state index contributed by atoms with van der Waals surface area (Å²) in [6.07, 6.45) is 4.72. The van der Waals surface area contributed by atoms with Crippen LogP contribution in [0.2, 0.25) is 0 Å². The number of hydrogen-bond donors (Lipinski definition) is 1. The highest BCUT2D eigenvalue weighted by molar-refractivity contribution is 5.22. The molecule has 1 N–H and O–H groups in total. The van der Waals surface area contributed by atoms with Gasteiger partial charge in [-0.05, 0) is 57.8 Å². The standard InChI is InChI=1S/C15H24N2O2/c1-12(2)19-15-11-13(5-7-16-15)14(18)6-10-17-8-3-4-9-17/h5,7,11-12,14,18H,3-4,6,8-10H2,1-2H3. The summed E-state index contributed by atoms with van der Waals surface area (Å²) < 4.78 is 5.55. The second kappa shape index (κ2) is 6.87. The van der Waals surface area contributed by atoms with Crippen molar-refractivity contribution in [2.75, 3.05) is 19.6 Å². The Kier molecular flexibility index (Phi) is 5.16. The van der Waals surface area contributed by atoms with Crippen molar-refractivity contribution in [3.8, 4) is 5.88 Å². The van der Waals surface area contributed by atoms with E-state index in [1.807, 2.05) is 26.0 Å². The first kappa shape index (κ1) is 14.3. The van der Waals surface area contributed by atoms with Crippen LogP contribution in [0.5, 0.6) is 5.88 Å². The van der Waals surface area contributed by atoms with Gasteiger partial charge in [0.05, 0.1) is 12.2 Å². The first-order valence-corrected chi connectivity index (χ1v) is 7.18. The van der Waals surface area contributed by atoms with E-state index in [9.17, 15) is 5.11 Å². The molecule has 2 rings (SSSR count). The third-order valence-electron chi connectivity index (χ3n) is 3.42. The molecule has 4 nitrogen and oxygen atoms in total. The Bertz CT molecular complexity index is 389. The van der Waals surface area contributed by atoms with Gasteiger partial charge in [0.1, 0.15) is 0 Å². The molecule has 1 aliphatic rings. The summed E-state index contributed by atoms with van der Waals surface area (Å²) in [6.45, 7) is 7.25. The Morgan fingerprint density at radius 3 is 2.79 bits per heavy atom. The summed E-state index contributed by atoms with van der Waals surface area (Å²) in [7, 11) is 0. The molecule has 1 aliphatic heterocycles. The summed E-state index contributed by atoms with van der Waals surface area (Å²) in [4.78, 5) is 6.57. The summed E-state index contributed by atoms with van der Waals surface area (Å²) in [5.74, 6) is 0.590. The number of aliphatic hydroxyl groups excluding tert-OH is 1. The van der Waals surface area contributed by atoms with Gasteiger partial charge in [0.2, 0.25) is 5.88 Å². The second-order valence-electron chi connectivity index (χ2n) is 5.45. The maximum atomic E-state index is 10.2. The molecule has 0 spiro atoms.